The molecule has 2 aromatic rings. The molecule has 0 saturated heterocycles. The largest absolute Gasteiger partial charge is 0.295 e. The molecule has 21 heavy (non-hydrogen) atoms. The minimum absolute atomic E-state index is 0.108. The van der Waals surface area contributed by atoms with E-state index in [1.165, 1.54) is 13.0 Å². The minimum Gasteiger partial charge on any atom is -0.295 e. The fourth-order valence-electron chi connectivity index (χ4n) is 1.92. The monoisotopic (exact) mass is 303 g/mol. The molecule has 110 valence electrons. The maximum absolute atomic E-state index is 12.3. The number of anilines is 1. The van der Waals surface area contributed by atoms with E-state index in [0.717, 1.165) is 12.0 Å². The van der Waals surface area contributed by atoms with Crippen LogP contribution >= 0.6 is 0 Å². The third kappa shape index (κ3) is 3.70. The van der Waals surface area contributed by atoms with Gasteiger partial charge in [0, 0.05) is 11.3 Å². The summed E-state index contributed by atoms with van der Waals surface area (Å²) in [6.45, 7) is 3.45. The number of carbonyl (C=O) groups excluding carboxylic acids is 1. The van der Waals surface area contributed by atoms with E-state index >= 15 is 0 Å². The smallest absolute Gasteiger partial charge is 0.261 e. The number of rotatable bonds is 5. The van der Waals surface area contributed by atoms with Crippen LogP contribution in [-0.2, 0) is 16.4 Å². The Labute approximate surface area is 124 Å². The molecule has 5 heteroatoms. The predicted octanol–water partition coefficient (Wildman–Crippen LogP) is 3.25. The van der Waals surface area contributed by atoms with E-state index in [4.69, 9.17) is 0 Å². The number of hydrogen-bond acceptors (Lipinski definition) is 3. The Morgan fingerprint density at radius 3 is 2.33 bits per heavy atom. The van der Waals surface area contributed by atoms with Crippen LogP contribution in [0.1, 0.15) is 29.8 Å². The van der Waals surface area contributed by atoms with Gasteiger partial charge in [-0.1, -0.05) is 31.2 Å². The second kappa shape index (κ2) is 6.10. The van der Waals surface area contributed by atoms with E-state index in [9.17, 15) is 13.2 Å². The van der Waals surface area contributed by atoms with Gasteiger partial charge in [-0.15, -0.1) is 0 Å². The molecule has 0 aromatic heterocycles. The molecule has 0 unspecified atom stereocenters. The van der Waals surface area contributed by atoms with E-state index in [0.29, 0.717) is 11.3 Å². The number of Topliss-reactive ketones (excluding diaryl/α,β-unsaturated/α-hetero) is 1. The Morgan fingerprint density at radius 2 is 1.76 bits per heavy atom. The number of nitrogens with one attached hydrogen (secondary N) is 1. The summed E-state index contributed by atoms with van der Waals surface area (Å²) >= 11 is 0. The summed E-state index contributed by atoms with van der Waals surface area (Å²) in [5, 5.41) is 0. The van der Waals surface area contributed by atoms with Crippen molar-refractivity contribution in [3.63, 3.8) is 0 Å². The maximum atomic E-state index is 12.3. The molecule has 0 spiro atoms. The van der Waals surface area contributed by atoms with Crippen molar-refractivity contribution >= 4 is 21.5 Å². The second-order valence-corrected chi connectivity index (χ2v) is 6.42. The molecule has 0 aliphatic heterocycles. The first-order valence-corrected chi connectivity index (χ1v) is 8.13. The molecule has 0 amide bonds. The summed E-state index contributed by atoms with van der Waals surface area (Å²) in [6.07, 6.45) is 0.856. The average Bonchev–Trinajstić information content (AvgIpc) is 2.47. The highest BCUT2D eigenvalue weighted by Crippen LogP contribution is 2.18. The van der Waals surface area contributed by atoms with Gasteiger partial charge in [-0.25, -0.2) is 8.42 Å². The second-order valence-electron chi connectivity index (χ2n) is 4.74. The predicted molar refractivity (Wildman–Crippen MR) is 83.1 cm³/mol. The van der Waals surface area contributed by atoms with Crippen LogP contribution < -0.4 is 4.72 Å². The van der Waals surface area contributed by atoms with Crippen molar-refractivity contribution in [3.8, 4) is 0 Å². The molecule has 1 N–H and O–H groups in total. The van der Waals surface area contributed by atoms with Crippen LogP contribution in [-0.4, -0.2) is 14.2 Å². The number of carbonyl (C=O) groups is 1. The average molecular weight is 303 g/mol. The first-order valence-electron chi connectivity index (χ1n) is 6.65. The topological polar surface area (TPSA) is 63.2 Å². The van der Waals surface area contributed by atoms with Gasteiger partial charge in [-0.05, 0) is 43.2 Å². The molecule has 4 nitrogen and oxygen atoms in total. The van der Waals surface area contributed by atoms with Crippen LogP contribution in [0.2, 0.25) is 0 Å². The van der Waals surface area contributed by atoms with Crippen molar-refractivity contribution in [2.75, 3.05) is 4.72 Å². The fraction of sp³-hybridized carbons (Fsp3) is 0.188. The molecule has 0 radical (unpaired) electrons. The Kier molecular flexibility index (Phi) is 4.43. The maximum Gasteiger partial charge on any atom is 0.261 e. The quantitative estimate of drug-likeness (QED) is 0.862. The lowest BCUT2D eigenvalue weighted by Gasteiger charge is -2.09. The molecule has 0 bridgehead atoms. The summed E-state index contributed by atoms with van der Waals surface area (Å²) in [4.78, 5) is 11.5. The minimum atomic E-state index is -3.64. The van der Waals surface area contributed by atoms with Gasteiger partial charge < -0.3 is 0 Å². The standard InChI is InChI=1S/C16H17NO3S/c1-3-13-7-9-16(10-8-13)21(19,20)17-15-6-4-5-14(11-15)12(2)18/h4-11,17H,3H2,1-2H3. The van der Waals surface area contributed by atoms with Crippen LogP contribution in [0, 0.1) is 0 Å². The van der Waals surface area contributed by atoms with Gasteiger partial charge in [0.05, 0.1) is 4.90 Å². The Bertz CT molecular complexity index is 749. The van der Waals surface area contributed by atoms with Crippen molar-refractivity contribution in [2.45, 2.75) is 25.2 Å². The summed E-state index contributed by atoms with van der Waals surface area (Å²) in [6, 6.07) is 13.2. The lowest BCUT2D eigenvalue weighted by atomic mass is 10.1. The highest BCUT2D eigenvalue weighted by atomic mass is 32.2. The van der Waals surface area contributed by atoms with Crippen molar-refractivity contribution in [2.24, 2.45) is 0 Å². The summed E-state index contributed by atoms with van der Waals surface area (Å²) in [5.74, 6) is -0.108. The van der Waals surface area contributed by atoms with Gasteiger partial charge in [0.1, 0.15) is 0 Å². The van der Waals surface area contributed by atoms with Gasteiger partial charge >= 0.3 is 0 Å². The van der Waals surface area contributed by atoms with Crippen LogP contribution in [0.5, 0.6) is 0 Å². The van der Waals surface area contributed by atoms with Crippen LogP contribution in [0.15, 0.2) is 53.4 Å². The number of benzene rings is 2. The molecular weight excluding hydrogens is 286 g/mol. The number of ketones is 1. The third-order valence-electron chi connectivity index (χ3n) is 3.16. The van der Waals surface area contributed by atoms with Gasteiger partial charge in [-0.3, -0.25) is 9.52 Å². The molecular formula is C16H17NO3S. The SMILES string of the molecule is CCc1ccc(S(=O)(=O)Nc2cccc(C(C)=O)c2)cc1. The molecule has 0 heterocycles. The van der Waals surface area contributed by atoms with E-state index in [1.807, 2.05) is 6.92 Å². The lowest BCUT2D eigenvalue weighted by molar-refractivity contribution is 0.101. The first-order chi connectivity index (χ1) is 9.92. The molecule has 0 fully saturated rings. The Hall–Kier alpha value is -2.14. The summed E-state index contributed by atoms with van der Waals surface area (Å²) in [7, 11) is -3.64. The Morgan fingerprint density at radius 1 is 1.10 bits per heavy atom. The Balaban J connectivity index is 2.28. The zero-order valence-corrected chi connectivity index (χ0v) is 12.8. The van der Waals surface area contributed by atoms with Gasteiger partial charge in [-0.2, -0.15) is 0 Å². The normalized spacial score (nSPS) is 11.1. The van der Waals surface area contributed by atoms with Crippen LogP contribution in [0.25, 0.3) is 0 Å². The zero-order valence-electron chi connectivity index (χ0n) is 12.0. The highest BCUT2D eigenvalue weighted by Gasteiger charge is 2.14. The third-order valence-corrected chi connectivity index (χ3v) is 4.56. The summed E-state index contributed by atoms with van der Waals surface area (Å²) in [5.41, 5.74) is 1.92. The zero-order chi connectivity index (χ0) is 15.5. The van der Waals surface area contributed by atoms with E-state index in [1.54, 1.807) is 42.5 Å². The van der Waals surface area contributed by atoms with Crippen molar-refractivity contribution in [3.05, 3.63) is 59.7 Å². The van der Waals surface area contributed by atoms with Crippen LogP contribution in [0.3, 0.4) is 0 Å². The molecule has 0 aliphatic rings. The lowest BCUT2D eigenvalue weighted by Crippen LogP contribution is -2.13. The highest BCUT2D eigenvalue weighted by molar-refractivity contribution is 7.92. The molecule has 0 saturated carbocycles. The van der Waals surface area contributed by atoms with Crippen molar-refractivity contribution in [1.29, 1.82) is 0 Å². The first kappa shape index (κ1) is 15.3. The molecule has 0 atom stereocenters. The summed E-state index contributed by atoms with van der Waals surface area (Å²) < 4.78 is 27.1. The molecule has 2 rings (SSSR count). The molecule has 0 aliphatic carbocycles. The fourth-order valence-corrected chi connectivity index (χ4v) is 2.97. The number of sulfonamides is 1. The number of aryl methyl sites for hydroxylation is 1. The van der Waals surface area contributed by atoms with Gasteiger partial charge in [0.15, 0.2) is 5.78 Å². The van der Waals surface area contributed by atoms with Gasteiger partial charge in [0.25, 0.3) is 10.0 Å². The molecule has 2 aromatic carbocycles. The van der Waals surface area contributed by atoms with E-state index in [-0.39, 0.29) is 10.7 Å². The number of hydrogen-bond donors (Lipinski definition) is 1. The van der Waals surface area contributed by atoms with Crippen molar-refractivity contribution in [1.82, 2.24) is 0 Å². The van der Waals surface area contributed by atoms with E-state index < -0.39 is 10.0 Å². The van der Waals surface area contributed by atoms with Gasteiger partial charge in [0.2, 0.25) is 0 Å². The van der Waals surface area contributed by atoms with Crippen LogP contribution in [0.4, 0.5) is 5.69 Å². The van der Waals surface area contributed by atoms with Crippen molar-refractivity contribution < 1.29 is 13.2 Å². The van der Waals surface area contributed by atoms with E-state index in [2.05, 4.69) is 4.72 Å².